The largest absolute Gasteiger partial charge is 0.309 e. The lowest BCUT2D eigenvalue weighted by Crippen LogP contribution is -2.15. The molecule has 1 aliphatic carbocycles. The summed E-state index contributed by atoms with van der Waals surface area (Å²) in [5.41, 5.74) is 15.3. The third-order valence-electron chi connectivity index (χ3n) is 14.8. The molecule has 0 fully saturated rings. The van der Waals surface area contributed by atoms with Crippen LogP contribution in [0.3, 0.4) is 0 Å². The molecule has 8 aromatic carbocycles. The summed E-state index contributed by atoms with van der Waals surface area (Å²) in [5, 5.41) is 32.2. The monoisotopic (exact) mass is 920 g/mol. The van der Waals surface area contributed by atoms with Crippen LogP contribution in [0.15, 0.2) is 188 Å². The van der Waals surface area contributed by atoms with Gasteiger partial charge in [0.15, 0.2) is 0 Å². The van der Waals surface area contributed by atoms with Gasteiger partial charge in [0, 0.05) is 61.1 Å². The number of aromatic nitrogens is 4. The Hall–Kier alpha value is -9.80. The molecule has 1 aliphatic rings. The zero-order chi connectivity index (χ0) is 48.8. The van der Waals surface area contributed by atoms with Gasteiger partial charge in [0.1, 0.15) is 0 Å². The Morgan fingerprint density at radius 3 is 1.81 bits per heavy atom. The van der Waals surface area contributed by atoms with Crippen LogP contribution in [0.2, 0.25) is 0 Å². The van der Waals surface area contributed by atoms with Gasteiger partial charge >= 0.3 is 0 Å². The SMILES string of the molecule is C#C/C=C\c1c(C)ccc2c1c1cc(-n3c(C=C)c(/C=C\C)c4ccccc43)ccc1n2C1=C(C#N)CC(C#N)C=C1n1c2ccc(-n3c4ccccc4c4ccccc43)cc2c2c3ccccc3ccc21. The fourth-order valence-electron chi connectivity index (χ4n) is 11.9. The smallest absolute Gasteiger partial charge is 0.0970 e. The second-order valence-corrected chi connectivity index (χ2v) is 18.6. The fourth-order valence-corrected chi connectivity index (χ4v) is 11.9. The summed E-state index contributed by atoms with van der Waals surface area (Å²) < 4.78 is 9.21. The highest BCUT2D eigenvalue weighted by molar-refractivity contribution is 6.24. The zero-order valence-electron chi connectivity index (χ0n) is 39.7. The van der Waals surface area contributed by atoms with E-state index in [1.165, 1.54) is 10.8 Å². The molecule has 4 heterocycles. The first kappa shape index (κ1) is 42.3. The average Bonchev–Trinajstić information content (AvgIpc) is 4.15. The molecular formula is C66H44N6. The maximum absolute atomic E-state index is 11.4. The van der Waals surface area contributed by atoms with Crippen molar-refractivity contribution in [3.05, 3.63) is 210 Å². The van der Waals surface area contributed by atoms with Crippen LogP contribution in [0.5, 0.6) is 0 Å². The van der Waals surface area contributed by atoms with E-state index >= 15 is 0 Å². The number of para-hydroxylation sites is 3. The minimum Gasteiger partial charge on any atom is -0.309 e. The Balaban J connectivity index is 1.13. The van der Waals surface area contributed by atoms with Crippen molar-refractivity contribution in [3.63, 3.8) is 0 Å². The van der Waals surface area contributed by atoms with Crippen LogP contribution >= 0.6 is 0 Å². The van der Waals surface area contributed by atoms with Crippen LogP contribution in [-0.2, 0) is 0 Å². The molecule has 0 aliphatic heterocycles. The summed E-state index contributed by atoms with van der Waals surface area (Å²) in [7, 11) is 0. The number of terminal acetylenes is 1. The molecule has 0 radical (unpaired) electrons. The van der Waals surface area contributed by atoms with Crippen molar-refractivity contribution in [1.82, 2.24) is 18.3 Å². The predicted molar refractivity (Wildman–Crippen MR) is 302 cm³/mol. The zero-order valence-corrected chi connectivity index (χ0v) is 39.7. The normalized spacial score (nSPS) is 14.3. The standard InChI is InChI=1S/C66H44N6/c1-5-8-19-47-41(4)27-31-62-64(47)54-37-45(69-55(7-3)49(17-6-2)50-21-11-14-24-56(50)69)30-34-60(54)72(62)66-44(40-68)35-42(39-67)36-63(66)71-59-33-29-46(38-53(59)65-48-20-10-9-18-43(48)28-32-61(65)71)70-57-25-15-12-22-51(57)52-23-13-16-26-58(52)70/h1,6-34,36-38,42H,3,35H2,2,4H3/b17-6-,19-8-. The third kappa shape index (κ3) is 6.02. The van der Waals surface area contributed by atoms with E-state index in [0.29, 0.717) is 5.57 Å². The highest BCUT2D eigenvalue weighted by Crippen LogP contribution is 2.47. The van der Waals surface area contributed by atoms with Gasteiger partial charge in [-0.3, -0.25) is 0 Å². The van der Waals surface area contributed by atoms with Gasteiger partial charge in [0.2, 0.25) is 0 Å². The molecular weight excluding hydrogens is 877 g/mol. The summed E-state index contributed by atoms with van der Waals surface area (Å²) in [6, 6.07) is 61.4. The van der Waals surface area contributed by atoms with Gasteiger partial charge in [0.05, 0.1) is 79.3 Å². The molecule has 0 saturated carbocycles. The molecule has 338 valence electrons. The lowest BCUT2D eigenvalue weighted by Gasteiger charge is -2.26. The number of hydrogen-bond donors (Lipinski definition) is 0. The second-order valence-electron chi connectivity index (χ2n) is 18.6. The predicted octanol–water partition coefficient (Wildman–Crippen LogP) is 16.5. The summed E-state index contributed by atoms with van der Waals surface area (Å²) in [6.45, 7) is 8.45. The number of fused-ring (bicyclic) bond motifs is 12. The lowest BCUT2D eigenvalue weighted by atomic mass is 9.91. The first-order valence-corrected chi connectivity index (χ1v) is 24.3. The summed E-state index contributed by atoms with van der Waals surface area (Å²) in [6.07, 6.45) is 18.2. The van der Waals surface area contributed by atoms with E-state index in [1.807, 2.05) is 19.1 Å². The van der Waals surface area contributed by atoms with Gasteiger partial charge in [-0.1, -0.05) is 116 Å². The number of rotatable bonds is 7. The highest BCUT2D eigenvalue weighted by atomic mass is 15.1. The van der Waals surface area contributed by atoms with Gasteiger partial charge in [-0.25, -0.2) is 0 Å². The van der Waals surface area contributed by atoms with Gasteiger partial charge in [-0.05, 0) is 127 Å². The van der Waals surface area contributed by atoms with Gasteiger partial charge < -0.3 is 18.3 Å². The Bertz CT molecular complexity index is 4570. The van der Waals surface area contributed by atoms with E-state index in [4.69, 9.17) is 6.42 Å². The Labute approximate surface area is 416 Å². The molecule has 12 aromatic rings. The van der Waals surface area contributed by atoms with Crippen molar-refractivity contribution in [2.45, 2.75) is 20.3 Å². The van der Waals surface area contributed by atoms with E-state index in [-0.39, 0.29) is 6.42 Å². The van der Waals surface area contributed by atoms with E-state index in [1.54, 1.807) is 6.08 Å². The summed E-state index contributed by atoms with van der Waals surface area (Å²) >= 11 is 0. The molecule has 6 heteroatoms. The number of nitrogens with zero attached hydrogens (tertiary/aromatic N) is 6. The Morgan fingerprint density at radius 2 is 1.14 bits per heavy atom. The molecule has 6 nitrogen and oxygen atoms in total. The first-order valence-electron chi connectivity index (χ1n) is 24.3. The molecule has 13 rings (SSSR count). The minimum atomic E-state index is -0.551. The number of benzene rings is 8. The average molecular weight is 921 g/mol. The molecule has 1 atom stereocenters. The number of hydrogen-bond acceptors (Lipinski definition) is 2. The van der Waals surface area contributed by atoms with E-state index < -0.39 is 5.92 Å². The van der Waals surface area contributed by atoms with Crippen molar-refractivity contribution in [1.29, 1.82) is 10.5 Å². The van der Waals surface area contributed by atoms with E-state index in [9.17, 15) is 10.5 Å². The van der Waals surface area contributed by atoms with Crippen molar-refractivity contribution in [2.24, 2.45) is 5.92 Å². The highest BCUT2D eigenvalue weighted by Gasteiger charge is 2.31. The maximum Gasteiger partial charge on any atom is 0.0970 e. The van der Waals surface area contributed by atoms with Crippen molar-refractivity contribution in [3.8, 4) is 35.9 Å². The Morgan fingerprint density at radius 1 is 0.569 bits per heavy atom. The molecule has 0 spiro atoms. The van der Waals surface area contributed by atoms with Crippen LogP contribution < -0.4 is 0 Å². The fraction of sp³-hybridized carbons (Fsp3) is 0.0606. The van der Waals surface area contributed by atoms with Crippen LogP contribution in [0.4, 0.5) is 0 Å². The molecule has 4 aromatic heterocycles. The third-order valence-corrected chi connectivity index (χ3v) is 14.8. The molecule has 72 heavy (non-hydrogen) atoms. The quantitative estimate of drug-likeness (QED) is 0.149. The van der Waals surface area contributed by atoms with Crippen LogP contribution in [0.1, 0.15) is 35.7 Å². The summed E-state index contributed by atoms with van der Waals surface area (Å²) in [4.78, 5) is 0. The molecule has 1 unspecified atom stereocenters. The molecule has 0 saturated heterocycles. The number of allylic oxidation sites excluding steroid dienone is 6. The molecule has 0 amide bonds. The molecule has 0 bridgehead atoms. The van der Waals surface area contributed by atoms with Gasteiger partial charge in [-0.15, -0.1) is 6.42 Å². The maximum atomic E-state index is 11.4. The minimum absolute atomic E-state index is 0.268. The van der Waals surface area contributed by atoms with E-state index in [0.717, 1.165) is 121 Å². The topological polar surface area (TPSA) is 67.3 Å². The van der Waals surface area contributed by atoms with E-state index in [2.05, 4.69) is 226 Å². The lowest BCUT2D eigenvalue weighted by molar-refractivity contribution is 0.807. The van der Waals surface area contributed by atoms with Crippen molar-refractivity contribution < 1.29 is 0 Å². The van der Waals surface area contributed by atoms with Crippen molar-refractivity contribution in [2.75, 3.05) is 0 Å². The van der Waals surface area contributed by atoms with Gasteiger partial charge in [-0.2, -0.15) is 10.5 Å². The summed E-state index contributed by atoms with van der Waals surface area (Å²) in [5.74, 6) is 2.19. The van der Waals surface area contributed by atoms with Gasteiger partial charge in [0.25, 0.3) is 0 Å². The second kappa shape index (κ2) is 16.4. The van der Waals surface area contributed by atoms with Crippen LogP contribution in [0.25, 0.3) is 128 Å². The molecule has 0 N–H and O–H groups in total. The van der Waals surface area contributed by atoms with Crippen molar-refractivity contribution >= 4 is 117 Å². The first-order chi connectivity index (χ1) is 35.5. The van der Waals surface area contributed by atoms with Crippen LogP contribution in [-0.4, -0.2) is 18.3 Å². The Kier molecular flexibility index (Phi) is 9.65. The number of aryl methyl sites for hydroxylation is 1. The van der Waals surface area contributed by atoms with Crippen LogP contribution in [0, 0.1) is 47.8 Å². The number of nitriles is 2.